The van der Waals surface area contributed by atoms with Crippen molar-refractivity contribution in [2.24, 2.45) is 0 Å². The van der Waals surface area contributed by atoms with Crippen LogP contribution in [-0.4, -0.2) is 45.1 Å². The number of thioether (sulfide) groups is 1. The van der Waals surface area contributed by atoms with Crippen LogP contribution in [0.1, 0.15) is 28.7 Å². The SMILES string of the molecule is Cc1n[nH]c(C)c1C(=O)N1CCSCC1C. The summed E-state index contributed by atoms with van der Waals surface area (Å²) >= 11 is 1.91. The lowest BCUT2D eigenvalue weighted by molar-refractivity contribution is 0.0714. The second kappa shape index (κ2) is 4.49. The van der Waals surface area contributed by atoms with E-state index in [9.17, 15) is 4.79 Å². The number of aromatic amines is 1. The van der Waals surface area contributed by atoms with Gasteiger partial charge in [0.05, 0.1) is 11.3 Å². The number of hydrogen-bond acceptors (Lipinski definition) is 3. The van der Waals surface area contributed by atoms with Gasteiger partial charge in [-0.25, -0.2) is 0 Å². The standard InChI is InChI=1S/C11H17N3OS/c1-7-6-16-5-4-14(7)11(15)10-8(2)12-13-9(10)3/h7H,4-6H2,1-3H3,(H,12,13). The van der Waals surface area contributed by atoms with Crippen molar-refractivity contribution in [2.45, 2.75) is 26.8 Å². The zero-order valence-corrected chi connectivity index (χ0v) is 10.7. The van der Waals surface area contributed by atoms with E-state index < -0.39 is 0 Å². The second-order valence-corrected chi connectivity index (χ2v) is 5.38. The predicted octanol–water partition coefficient (Wildman–Crippen LogP) is 1.60. The molecule has 1 aliphatic heterocycles. The summed E-state index contributed by atoms with van der Waals surface area (Å²) in [6.07, 6.45) is 0. The van der Waals surface area contributed by atoms with E-state index in [1.54, 1.807) is 0 Å². The van der Waals surface area contributed by atoms with Gasteiger partial charge >= 0.3 is 0 Å². The maximum Gasteiger partial charge on any atom is 0.257 e. The summed E-state index contributed by atoms with van der Waals surface area (Å²) in [5.74, 6) is 2.19. The Hall–Kier alpha value is -0.970. The highest BCUT2D eigenvalue weighted by atomic mass is 32.2. The number of aryl methyl sites for hydroxylation is 2. The van der Waals surface area contributed by atoms with Crippen LogP contribution >= 0.6 is 11.8 Å². The van der Waals surface area contributed by atoms with Gasteiger partial charge in [-0.15, -0.1) is 0 Å². The number of rotatable bonds is 1. The third-order valence-corrected chi connectivity index (χ3v) is 4.16. The molecule has 0 saturated carbocycles. The van der Waals surface area contributed by atoms with Crippen LogP contribution in [0.5, 0.6) is 0 Å². The third-order valence-electron chi connectivity index (χ3n) is 2.97. The van der Waals surface area contributed by atoms with Gasteiger partial charge in [0.15, 0.2) is 0 Å². The van der Waals surface area contributed by atoms with Gasteiger partial charge in [0.2, 0.25) is 0 Å². The molecule has 1 aromatic heterocycles. The van der Waals surface area contributed by atoms with Crippen molar-refractivity contribution in [2.75, 3.05) is 18.1 Å². The van der Waals surface area contributed by atoms with Gasteiger partial charge in [-0.05, 0) is 20.8 Å². The summed E-state index contributed by atoms with van der Waals surface area (Å²) in [6.45, 7) is 6.72. The Morgan fingerprint density at radius 3 is 2.88 bits per heavy atom. The summed E-state index contributed by atoms with van der Waals surface area (Å²) in [5.41, 5.74) is 2.42. The molecule has 0 spiro atoms. The minimum atomic E-state index is 0.122. The molecule has 0 aliphatic carbocycles. The number of carbonyl (C=O) groups excluding carboxylic acids is 1. The van der Waals surface area contributed by atoms with Gasteiger partial charge in [-0.2, -0.15) is 16.9 Å². The first-order chi connectivity index (χ1) is 7.61. The van der Waals surface area contributed by atoms with Crippen LogP contribution in [0.4, 0.5) is 0 Å². The Kier molecular flexibility index (Phi) is 3.23. The third kappa shape index (κ3) is 1.96. The van der Waals surface area contributed by atoms with E-state index in [2.05, 4.69) is 17.1 Å². The summed E-state index contributed by atoms with van der Waals surface area (Å²) < 4.78 is 0. The average Bonchev–Trinajstić information content (AvgIpc) is 2.58. The van der Waals surface area contributed by atoms with E-state index in [0.29, 0.717) is 6.04 Å². The molecule has 0 aromatic carbocycles. The normalized spacial score (nSPS) is 21.2. The van der Waals surface area contributed by atoms with Gasteiger partial charge in [-0.3, -0.25) is 9.89 Å². The summed E-state index contributed by atoms with van der Waals surface area (Å²) in [6, 6.07) is 0.319. The highest BCUT2D eigenvalue weighted by Gasteiger charge is 2.27. The maximum absolute atomic E-state index is 12.4. The van der Waals surface area contributed by atoms with E-state index in [0.717, 1.165) is 35.0 Å². The molecule has 1 aromatic rings. The van der Waals surface area contributed by atoms with Crippen molar-refractivity contribution in [3.63, 3.8) is 0 Å². The molecule has 1 N–H and O–H groups in total. The fraction of sp³-hybridized carbons (Fsp3) is 0.636. The van der Waals surface area contributed by atoms with Gasteiger partial charge in [0.1, 0.15) is 0 Å². The first-order valence-electron chi connectivity index (χ1n) is 5.51. The number of nitrogens with zero attached hydrogens (tertiary/aromatic N) is 2. The number of H-pyrrole nitrogens is 1. The highest BCUT2D eigenvalue weighted by molar-refractivity contribution is 7.99. The number of amides is 1. The lowest BCUT2D eigenvalue weighted by atomic mass is 10.1. The maximum atomic E-state index is 12.4. The Balaban J connectivity index is 2.24. The molecule has 1 aliphatic rings. The highest BCUT2D eigenvalue weighted by Crippen LogP contribution is 2.20. The number of carbonyl (C=O) groups is 1. The van der Waals surface area contributed by atoms with Crippen LogP contribution in [0.2, 0.25) is 0 Å². The van der Waals surface area contributed by atoms with Gasteiger partial charge in [0, 0.05) is 29.8 Å². The van der Waals surface area contributed by atoms with Crippen molar-refractivity contribution in [1.82, 2.24) is 15.1 Å². The molecule has 88 valence electrons. The molecule has 1 fully saturated rings. The van der Waals surface area contributed by atoms with E-state index in [1.165, 1.54) is 0 Å². The lowest BCUT2D eigenvalue weighted by Crippen LogP contribution is -2.44. The fourth-order valence-electron chi connectivity index (χ4n) is 2.04. The Bertz CT molecular complexity index is 382. The molecule has 0 bridgehead atoms. The first-order valence-corrected chi connectivity index (χ1v) is 6.67. The first kappa shape index (κ1) is 11.5. The molecule has 2 rings (SSSR count). The minimum absolute atomic E-state index is 0.122. The predicted molar refractivity (Wildman–Crippen MR) is 65.9 cm³/mol. The van der Waals surface area contributed by atoms with E-state index in [-0.39, 0.29) is 5.91 Å². The monoisotopic (exact) mass is 239 g/mol. The van der Waals surface area contributed by atoms with Gasteiger partial charge in [-0.1, -0.05) is 0 Å². The topological polar surface area (TPSA) is 49.0 Å². The molecule has 1 saturated heterocycles. The summed E-state index contributed by atoms with van der Waals surface area (Å²) in [7, 11) is 0. The molecule has 1 unspecified atom stereocenters. The number of hydrogen-bond donors (Lipinski definition) is 1. The zero-order chi connectivity index (χ0) is 11.7. The van der Waals surface area contributed by atoms with Crippen LogP contribution in [0.25, 0.3) is 0 Å². The van der Waals surface area contributed by atoms with Gasteiger partial charge in [0.25, 0.3) is 5.91 Å². The minimum Gasteiger partial charge on any atom is -0.334 e. The van der Waals surface area contributed by atoms with E-state index in [1.807, 2.05) is 30.5 Å². The molecule has 1 amide bonds. The van der Waals surface area contributed by atoms with Gasteiger partial charge < -0.3 is 4.90 Å². The van der Waals surface area contributed by atoms with Crippen LogP contribution < -0.4 is 0 Å². The number of nitrogens with one attached hydrogen (secondary N) is 1. The Labute approximate surface area is 99.8 Å². The molecule has 4 nitrogen and oxygen atoms in total. The summed E-state index contributed by atoms with van der Waals surface area (Å²) in [4.78, 5) is 14.3. The van der Waals surface area contributed by atoms with Crippen molar-refractivity contribution in [1.29, 1.82) is 0 Å². The van der Waals surface area contributed by atoms with Crippen LogP contribution in [0, 0.1) is 13.8 Å². The molecule has 1 atom stereocenters. The molecule has 2 heterocycles. The fourth-order valence-corrected chi connectivity index (χ4v) is 3.05. The van der Waals surface area contributed by atoms with Crippen molar-refractivity contribution in [3.8, 4) is 0 Å². The van der Waals surface area contributed by atoms with Crippen LogP contribution in [-0.2, 0) is 0 Å². The Morgan fingerprint density at radius 2 is 2.31 bits per heavy atom. The molecule has 5 heteroatoms. The second-order valence-electron chi connectivity index (χ2n) is 4.23. The molecule has 16 heavy (non-hydrogen) atoms. The van der Waals surface area contributed by atoms with Crippen LogP contribution in [0.3, 0.4) is 0 Å². The largest absolute Gasteiger partial charge is 0.334 e. The molecule has 0 radical (unpaired) electrons. The molecular weight excluding hydrogens is 222 g/mol. The van der Waals surface area contributed by atoms with Crippen LogP contribution in [0.15, 0.2) is 0 Å². The van der Waals surface area contributed by atoms with E-state index in [4.69, 9.17) is 0 Å². The zero-order valence-electron chi connectivity index (χ0n) is 9.91. The lowest BCUT2D eigenvalue weighted by Gasteiger charge is -2.33. The average molecular weight is 239 g/mol. The van der Waals surface area contributed by atoms with Crippen molar-refractivity contribution < 1.29 is 4.79 Å². The van der Waals surface area contributed by atoms with Crippen molar-refractivity contribution >= 4 is 17.7 Å². The van der Waals surface area contributed by atoms with Crippen molar-refractivity contribution in [3.05, 3.63) is 17.0 Å². The number of aromatic nitrogens is 2. The van der Waals surface area contributed by atoms with E-state index >= 15 is 0 Å². The Morgan fingerprint density at radius 1 is 1.56 bits per heavy atom. The quantitative estimate of drug-likeness (QED) is 0.810. The smallest absolute Gasteiger partial charge is 0.257 e. The summed E-state index contributed by atoms with van der Waals surface area (Å²) in [5, 5.41) is 6.95. The molecular formula is C11H17N3OS.